The van der Waals surface area contributed by atoms with Crippen LogP contribution in [-0.4, -0.2) is 23.7 Å². The summed E-state index contributed by atoms with van der Waals surface area (Å²) >= 11 is 2.02. The van der Waals surface area contributed by atoms with Gasteiger partial charge in [-0.3, -0.25) is 0 Å². The number of nitrogens with two attached hydrogens (primary N) is 1. The molecular formula is C17H25NOS. The van der Waals surface area contributed by atoms with Crippen molar-refractivity contribution in [3.8, 4) is 0 Å². The van der Waals surface area contributed by atoms with Gasteiger partial charge in [0.2, 0.25) is 0 Å². The summed E-state index contributed by atoms with van der Waals surface area (Å²) in [7, 11) is 0. The maximum absolute atomic E-state index is 6.77. The van der Waals surface area contributed by atoms with Crippen LogP contribution in [0, 0.1) is 12.8 Å². The van der Waals surface area contributed by atoms with E-state index in [1.807, 2.05) is 11.8 Å². The molecule has 2 aliphatic heterocycles. The number of thioether (sulfide) groups is 1. The van der Waals surface area contributed by atoms with Crippen molar-refractivity contribution in [3.05, 3.63) is 35.4 Å². The van der Waals surface area contributed by atoms with E-state index in [1.54, 1.807) is 0 Å². The topological polar surface area (TPSA) is 35.2 Å². The Kier molecular flexibility index (Phi) is 3.87. The van der Waals surface area contributed by atoms with Crippen molar-refractivity contribution in [2.24, 2.45) is 11.7 Å². The first-order chi connectivity index (χ1) is 9.52. The lowest BCUT2D eigenvalue weighted by atomic mass is 9.71. The van der Waals surface area contributed by atoms with Crippen LogP contribution in [0.2, 0.25) is 0 Å². The second-order valence-electron chi connectivity index (χ2n) is 6.68. The fourth-order valence-electron chi connectivity index (χ4n) is 3.62. The third-order valence-electron chi connectivity index (χ3n) is 5.05. The van der Waals surface area contributed by atoms with Crippen molar-refractivity contribution < 1.29 is 4.74 Å². The Morgan fingerprint density at radius 1 is 1.45 bits per heavy atom. The first-order valence-corrected chi connectivity index (χ1v) is 8.75. The number of ether oxygens (including phenoxy) is 1. The Morgan fingerprint density at radius 2 is 2.30 bits per heavy atom. The van der Waals surface area contributed by atoms with Gasteiger partial charge in [-0.2, -0.15) is 11.8 Å². The molecule has 3 unspecified atom stereocenters. The summed E-state index contributed by atoms with van der Waals surface area (Å²) in [4.78, 5) is 0. The highest BCUT2D eigenvalue weighted by Crippen LogP contribution is 2.45. The monoisotopic (exact) mass is 291 g/mol. The molecule has 3 atom stereocenters. The third kappa shape index (κ3) is 2.63. The van der Waals surface area contributed by atoms with Crippen LogP contribution < -0.4 is 5.73 Å². The molecule has 2 N–H and O–H groups in total. The Balaban J connectivity index is 1.83. The Labute approximate surface area is 126 Å². The normalized spacial score (nSPS) is 33.2. The average Bonchev–Trinajstić information content (AvgIpc) is 2.87. The van der Waals surface area contributed by atoms with Crippen LogP contribution >= 0.6 is 11.8 Å². The summed E-state index contributed by atoms with van der Waals surface area (Å²) in [6.45, 7) is 5.20. The van der Waals surface area contributed by atoms with E-state index >= 15 is 0 Å². The molecule has 110 valence electrons. The Hall–Kier alpha value is -0.510. The molecule has 0 bridgehead atoms. The highest BCUT2D eigenvalue weighted by molar-refractivity contribution is 7.99. The van der Waals surface area contributed by atoms with E-state index in [-0.39, 0.29) is 11.1 Å². The first-order valence-electron chi connectivity index (χ1n) is 7.60. The van der Waals surface area contributed by atoms with Crippen LogP contribution in [0.3, 0.4) is 0 Å². The summed E-state index contributed by atoms with van der Waals surface area (Å²) in [5, 5.41) is 0. The maximum Gasteiger partial charge on any atom is 0.0783 e. The van der Waals surface area contributed by atoms with Gasteiger partial charge >= 0.3 is 0 Å². The molecule has 2 aliphatic rings. The standard InChI is InChI=1S/C17H25NOS/c1-13-4-3-5-14(10-13)16(2,18)15-6-8-19-17(11-15)7-9-20-12-17/h3-5,10,15H,6-9,11-12,18H2,1-2H3. The smallest absolute Gasteiger partial charge is 0.0783 e. The molecule has 2 saturated heterocycles. The fourth-order valence-corrected chi connectivity index (χ4v) is 5.00. The molecule has 3 heteroatoms. The van der Waals surface area contributed by atoms with E-state index < -0.39 is 0 Å². The van der Waals surface area contributed by atoms with Crippen molar-refractivity contribution in [2.75, 3.05) is 18.1 Å². The van der Waals surface area contributed by atoms with E-state index in [1.165, 1.54) is 23.3 Å². The van der Waals surface area contributed by atoms with Gasteiger partial charge in [-0.05, 0) is 50.3 Å². The summed E-state index contributed by atoms with van der Waals surface area (Å²) in [5.74, 6) is 2.89. The second-order valence-corrected chi connectivity index (χ2v) is 7.78. The molecule has 0 aromatic heterocycles. The molecule has 0 radical (unpaired) electrons. The van der Waals surface area contributed by atoms with Crippen LogP contribution in [0.4, 0.5) is 0 Å². The lowest BCUT2D eigenvalue weighted by molar-refractivity contribution is -0.0917. The van der Waals surface area contributed by atoms with E-state index in [0.29, 0.717) is 5.92 Å². The predicted molar refractivity (Wildman–Crippen MR) is 86.1 cm³/mol. The van der Waals surface area contributed by atoms with Gasteiger partial charge in [0.05, 0.1) is 5.60 Å². The molecule has 1 aromatic carbocycles. The minimum absolute atomic E-state index is 0.109. The highest BCUT2D eigenvalue weighted by atomic mass is 32.2. The molecule has 20 heavy (non-hydrogen) atoms. The minimum atomic E-state index is -0.254. The molecule has 2 heterocycles. The van der Waals surface area contributed by atoms with Crippen molar-refractivity contribution in [3.63, 3.8) is 0 Å². The zero-order valence-electron chi connectivity index (χ0n) is 12.5. The van der Waals surface area contributed by atoms with Gasteiger partial charge in [-0.1, -0.05) is 29.8 Å². The minimum Gasteiger partial charge on any atom is -0.374 e. The van der Waals surface area contributed by atoms with Crippen molar-refractivity contribution in [1.82, 2.24) is 0 Å². The van der Waals surface area contributed by atoms with Crippen LogP contribution in [0.15, 0.2) is 24.3 Å². The van der Waals surface area contributed by atoms with Crippen molar-refractivity contribution in [1.29, 1.82) is 0 Å². The summed E-state index contributed by atoms with van der Waals surface area (Å²) < 4.78 is 6.14. The molecule has 0 saturated carbocycles. The van der Waals surface area contributed by atoms with Crippen molar-refractivity contribution >= 4 is 11.8 Å². The van der Waals surface area contributed by atoms with Crippen LogP contribution in [0.1, 0.15) is 37.3 Å². The van der Waals surface area contributed by atoms with E-state index in [2.05, 4.69) is 38.1 Å². The van der Waals surface area contributed by atoms with Gasteiger partial charge in [-0.15, -0.1) is 0 Å². The van der Waals surface area contributed by atoms with E-state index in [9.17, 15) is 0 Å². The van der Waals surface area contributed by atoms with Gasteiger partial charge in [0.25, 0.3) is 0 Å². The van der Waals surface area contributed by atoms with Gasteiger partial charge in [0, 0.05) is 17.9 Å². The summed E-state index contributed by atoms with van der Waals surface area (Å²) in [6.07, 6.45) is 3.38. The zero-order valence-corrected chi connectivity index (χ0v) is 13.3. The largest absolute Gasteiger partial charge is 0.374 e. The van der Waals surface area contributed by atoms with E-state index in [0.717, 1.165) is 25.2 Å². The zero-order chi connectivity index (χ0) is 14.2. The number of aryl methyl sites for hydroxylation is 1. The van der Waals surface area contributed by atoms with Gasteiger partial charge in [0.1, 0.15) is 0 Å². The molecule has 1 aromatic rings. The molecule has 1 spiro atoms. The number of hydrogen-bond acceptors (Lipinski definition) is 3. The lowest BCUT2D eigenvalue weighted by Gasteiger charge is -2.44. The Morgan fingerprint density at radius 3 is 3.00 bits per heavy atom. The Bertz CT molecular complexity index is 480. The molecule has 2 nitrogen and oxygen atoms in total. The predicted octanol–water partition coefficient (Wildman–Crippen LogP) is 3.47. The summed E-state index contributed by atoms with van der Waals surface area (Å²) in [5.41, 5.74) is 9.18. The van der Waals surface area contributed by atoms with Gasteiger partial charge < -0.3 is 10.5 Å². The number of benzene rings is 1. The van der Waals surface area contributed by atoms with Crippen LogP contribution in [-0.2, 0) is 10.3 Å². The van der Waals surface area contributed by atoms with E-state index in [4.69, 9.17) is 10.5 Å². The fraction of sp³-hybridized carbons (Fsp3) is 0.647. The van der Waals surface area contributed by atoms with Gasteiger partial charge in [0.15, 0.2) is 0 Å². The van der Waals surface area contributed by atoms with Gasteiger partial charge in [-0.25, -0.2) is 0 Å². The third-order valence-corrected chi connectivity index (χ3v) is 6.27. The lowest BCUT2D eigenvalue weighted by Crippen LogP contribution is -2.50. The SMILES string of the molecule is Cc1cccc(C(C)(N)C2CCOC3(CCSC3)C2)c1. The molecular weight excluding hydrogens is 266 g/mol. The first kappa shape index (κ1) is 14.4. The molecule has 3 rings (SSSR count). The maximum atomic E-state index is 6.77. The molecule has 0 amide bonds. The molecule has 0 aliphatic carbocycles. The second kappa shape index (κ2) is 5.36. The van der Waals surface area contributed by atoms with Crippen molar-refractivity contribution in [2.45, 2.75) is 44.2 Å². The van der Waals surface area contributed by atoms with Crippen LogP contribution in [0.5, 0.6) is 0 Å². The van der Waals surface area contributed by atoms with Crippen LogP contribution in [0.25, 0.3) is 0 Å². The quantitative estimate of drug-likeness (QED) is 0.906. The average molecular weight is 291 g/mol. The highest BCUT2D eigenvalue weighted by Gasteiger charge is 2.45. The number of rotatable bonds is 2. The molecule has 2 fully saturated rings. The number of hydrogen-bond donors (Lipinski definition) is 1. The summed E-state index contributed by atoms with van der Waals surface area (Å²) in [6, 6.07) is 8.68.